The maximum absolute atomic E-state index is 6.17. The highest BCUT2D eigenvalue weighted by molar-refractivity contribution is 5.30. The highest BCUT2D eigenvalue weighted by Gasteiger charge is 2.12. The number of nitrogens with zero attached hydrogens (tertiary/aromatic N) is 5. The molecule has 1 unspecified atom stereocenters. The van der Waals surface area contributed by atoms with Crippen LogP contribution in [0.1, 0.15) is 17.4 Å². The highest BCUT2D eigenvalue weighted by Crippen LogP contribution is 2.14. The minimum atomic E-state index is -0.184. The first-order valence-electron chi connectivity index (χ1n) is 6.44. The summed E-state index contributed by atoms with van der Waals surface area (Å²) in [6.07, 6.45) is 4.41. The molecule has 3 rings (SSSR count). The summed E-state index contributed by atoms with van der Waals surface area (Å²) in [6, 6.07) is 11.7. The zero-order valence-electron chi connectivity index (χ0n) is 11.2. The quantitative estimate of drug-likeness (QED) is 0.772. The van der Waals surface area contributed by atoms with E-state index in [1.54, 1.807) is 4.68 Å². The number of nitrogens with two attached hydrogens (primary N) is 1. The molecule has 0 amide bonds. The van der Waals surface area contributed by atoms with Gasteiger partial charge in [-0.25, -0.2) is 4.68 Å². The molecule has 0 aliphatic carbocycles. The molecular formula is C14H16N6. The van der Waals surface area contributed by atoms with Crippen LogP contribution in [-0.2, 0) is 13.5 Å². The summed E-state index contributed by atoms with van der Waals surface area (Å²) in [7, 11) is 1.84. The molecule has 6 nitrogen and oxygen atoms in total. The largest absolute Gasteiger partial charge is 0.322 e. The van der Waals surface area contributed by atoms with E-state index in [1.165, 1.54) is 0 Å². The Labute approximate surface area is 116 Å². The van der Waals surface area contributed by atoms with Crippen LogP contribution >= 0.6 is 0 Å². The van der Waals surface area contributed by atoms with Crippen LogP contribution in [0.3, 0.4) is 0 Å². The Morgan fingerprint density at radius 1 is 1.20 bits per heavy atom. The molecule has 0 saturated carbocycles. The maximum Gasteiger partial charge on any atom is 0.0846 e. The predicted octanol–water partition coefficient (Wildman–Crippen LogP) is 1.24. The normalized spacial score (nSPS) is 12.5. The van der Waals surface area contributed by atoms with Crippen LogP contribution in [0.5, 0.6) is 0 Å². The molecule has 0 aliphatic heterocycles. The molecule has 2 heterocycles. The lowest BCUT2D eigenvalue weighted by molar-refractivity contribution is 0.663. The van der Waals surface area contributed by atoms with Crippen molar-refractivity contribution in [2.24, 2.45) is 12.8 Å². The van der Waals surface area contributed by atoms with Gasteiger partial charge in [0.25, 0.3) is 0 Å². The van der Waals surface area contributed by atoms with Crippen LogP contribution in [-0.4, -0.2) is 24.8 Å². The molecule has 1 atom stereocenters. The lowest BCUT2D eigenvalue weighted by atomic mass is 10.1. The SMILES string of the molecule is Cn1cc(CC(N)c2ccn(-c3ccccc3)n2)nn1. The number of aromatic nitrogens is 5. The number of para-hydroxylation sites is 1. The van der Waals surface area contributed by atoms with Crippen LogP contribution < -0.4 is 5.73 Å². The third-order valence-electron chi connectivity index (χ3n) is 3.09. The second-order valence-corrected chi connectivity index (χ2v) is 4.71. The summed E-state index contributed by atoms with van der Waals surface area (Å²) >= 11 is 0. The number of hydrogen-bond donors (Lipinski definition) is 1. The monoisotopic (exact) mass is 268 g/mol. The van der Waals surface area contributed by atoms with Crippen LogP contribution in [0.25, 0.3) is 5.69 Å². The van der Waals surface area contributed by atoms with Crippen molar-refractivity contribution in [3.05, 3.63) is 60.2 Å². The molecule has 20 heavy (non-hydrogen) atoms. The third kappa shape index (κ3) is 2.60. The number of benzene rings is 1. The molecule has 0 aliphatic rings. The smallest absolute Gasteiger partial charge is 0.0846 e. The average Bonchev–Trinajstić information content (AvgIpc) is 3.09. The Balaban J connectivity index is 1.76. The van der Waals surface area contributed by atoms with Gasteiger partial charge in [0.2, 0.25) is 0 Å². The van der Waals surface area contributed by atoms with Gasteiger partial charge in [-0.2, -0.15) is 5.10 Å². The van der Waals surface area contributed by atoms with Gasteiger partial charge in [-0.3, -0.25) is 4.68 Å². The summed E-state index contributed by atoms with van der Waals surface area (Å²) in [6.45, 7) is 0. The van der Waals surface area contributed by atoms with E-state index in [2.05, 4.69) is 15.4 Å². The van der Waals surface area contributed by atoms with E-state index >= 15 is 0 Å². The highest BCUT2D eigenvalue weighted by atomic mass is 15.4. The fourth-order valence-electron chi connectivity index (χ4n) is 2.08. The number of aryl methyl sites for hydroxylation is 1. The molecular weight excluding hydrogens is 252 g/mol. The van der Waals surface area contributed by atoms with Crippen molar-refractivity contribution in [1.29, 1.82) is 0 Å². The first kappa shape index (κ1) is 12.6. The standard InChI is InChI=1S/C14H16N6/c1-19-10-11(16-18-19)9-13(15)14-7-8-20(17-14)12-5-3-2-4-6-12/h2-8,10,13H,9,15H2,1H3. The average molecular weight is 268 g/mol. The van der Waals surface area contributed by atoms with E-state index in [0.29, 0.717) is 6.42 Å². The molecule has 0 spiro atoms. The van der Waals surface area contributed by atoms with Crippen molar-refractivity contribution < 1.29 is 0 Å². The van der Waals surface area contributed by atoms with Gasteiger partial charge in [-0.05, 0) is 18.2 Å². The molecule has 1 aromatic carbocycles. The Hall–Kier alpha value is -2.47. The van der Waals surface area contributed by atoms with E-state index in [0.717, 1.165) is 17.1 Å². The molecule has 0 radical (unpaired) electrons. The Bertz CT molecular complexity index is 685. The number of rotatable bonds is 4. The minimum absolute atomic E-state index is 0.184. The van der Waals surface area contributed by atoms with Crippen molar-refractivity contribution in [2.45, 2.75) is 12.5 Å². The van der Waals surface area contributed by atoms with Gasteiger partial charge in [0.1, 0.15) is 0 Å². The predicted molar refractivity (Wildman–Crippen MR) is 75.2 cm³/mol. The van der Waals surface area contributed by atoms with Gasteiger partial charge in [0.05, 0.1) is 23.1 Å². The maximum atomic E-state index is 6.17. The van der Waals surface area contributed by atoms with Gasteiger partial charge in [0.15, 0.2) is 0 Å². The number of hydrogen-bond acceptors (Lipinski definition) is 4. The Morgan fingerprint density at radius 3 is 2.70 bits per heavy atom. The molecule has 3 aromatic rings. The Kier molecular flexibility index (Phi) is 3.30. The molecule has 0 fully saturated rings. The van der Waals surface area contributed by atoms with Gasteiger partial charge < -0.3 is 5.73 Å². The zero-order chi connectivity index (χ0) is 13.9. The van der Waals surface area contributed by atoms with Crippen molar-refractivity contribution >= 4 is 0 Å². The van der Waals surface area contributed by atoms with E-state index in [-0.39, 0.29) is 6.04 Å². The van der Waals surface area contributed by atoms with Crippen molar-refractivity contribution in [3.8, 4) is 5.69 Å². The van der Waals surface area contributed by atoms with E-state index in [4.69, 9.17) is 5.73 Å². The van der Waals surface area contributed by atoms with Gasteiger partial charge in [0, 0.05) is 25.9 Å². The molecule has 6 heteroatoms. The van der Waals surface area contributed by atoms with Gasteiger partial charge in [-0.1, -0.05) is 23.4 Å². The third-order valence-corrected chi connectivity index (χ3v) is 3.09. The minimum Gasteiger partial charge on any atom is -0.322 e. The fraction of sp³-hybridized carbons (Fsp3) is 0.214. The zero-order valence-corrected chi connectivity index (χ0v) is 11.2. The fourth-order valence-corrected chi connectivity index (χ4v) is 2.08. The molecule has 102 valence electrons. The second-order valence-electron chi connectivity index (χ2n) is 4.71. The first-order chi connectivity index (χ1) is 9.72. The molecule has 2 aromatic heterocycles. The van der Waals surface area contributed by atoms with E-state index in [1.807, 2.05) is 60.5 Å². The first-order valence-corrected chi connectivity index (χ1v) is 6.44. The van der Waals surface area contributed by atoms with Crippen molar-refractivity contribution in [3.63, 3.8) is 0 Å². The Morgan fingerprint density at radius 2 is 2.00 bits per heavy atom. The van der Waals surface area contributed by atoms with Crippen molar-refractivity contribution in [2.75, 3.05) is 0 Å². The van der Waals surface area contributed by atoms with Crippen LogP contribution in [0.2, 0.25) is 0 Å². The summed E-state index contributed by atoms with van der Waals surface area (Å²) < 4.78 is 3.50. The lowest BCUT2D eigenvalue weighted by Gasteiger charge is -2.06. The van der Waals surface area contributed by atoms with Crippen LogP contribution in [0.4, 0.5) is 0 Å². The van der Waals surface area contributed by atoms with Crippen molar-refractivity contribution in [1.82, 2.24) is 24.8 Å². The topological polar surface area (TPSA) is 74.5 Å². The van der Waals surface area contributed by atoms with Gasteiger partial charge in [-0.15, -0.1) is 5.10 Å². The summed E-state index contributed by atoms with van der Waals surface area (Å²) in [4.78, 5) is 0. The summed E-state index contributed by atoms with van der Waals surface area (Å²) in [5, 5.41) is 12.5. The molecule has 2 N–H and O–H groups in total. The van der Waals surface area contributed by atoms with E-state index in [9.17, 15) is 0 Å². The van der Waals surface area contributed by atoms with Crippen LogP contribution in [0, 0.1) is 0 Å². The summed E-state index contributed by atoms with van der Waals surface area (Å²) in [5.74, 6) is 0. The lowest BCUT2D eigenvalue weighted by Crippen LogP contribution is -2.14. The van der Waals surface area contributed by atoms with E-state index < -0.39 is 0 Å². The molecule has 0 bridgehead atoms. The molecule has 0 saturated heterocycles. The second kappa shape index (κ2) is 5.26. The van der Waals surface area contributed by atoms with Crippen LogP contribution in [0.15, 0.2) is 48.8 Å². The summed E-state index contributed by atoms with van der Waals surface area (Å²) in [5.41, 5.74) is 8.91. The van der Waals surface area contributed by atoms with Gasteiger partial charge >= 0.3 is 0 Å².